The molecule has 0 amide bonds. The van der Waals surface area contributed by atoms with Crippen LogP contribution in [0.2, 0.25) is 0 Å². The predicted octanol–water partition coefficient (Wildman–Crippen LogP) is 6.92. The number of hydrogen-bond acceptors (Lipinski definition) is 4. The Morgan fingerprint density at radius 3 is 2.33 bits per heavy atom. The molecule has 0 saturated carbocycles. The van der Waals surface area contributed by atoms with Gasteiger partial charge >= 0.3 is 0 Å². The zero-order chi connectivity index (χ0) is 25.6. The summed E-state index contributed by atoms with van der Waals surface area (Å²) in [5.41, 5.74) is 6.71. The minimum Gasteiger partial charge on any atom is -0.508 e. The van der Waals surface area contributed by atoms with E-state index >= 15 is 0 Å². The number of nitrogens with one attached hydrogen (secondary N) is 1. The normalized spacial score (nSPS) is 12.3. The molecule has 4 heteroatoms. The van der Waals surface area contributed by atoms with Crippen molar-refractivity contribution in [3.8, 4) is 11.5 Å². The fourth-order valence-corrected chi connectivity index (χ4v) is 4.60. The first-order chi connectivity index (χ1) is 17.6. The second-order valence-corrected chi connectivity index (χ2v) is 9.55. The SMILES string of the molecule is CCCCNCCc1ccc(CN(CC)c2cccc(OC)c2)cc1.Oc1ccc2c(c1)CCCC2. The second kappa shape index (κ2) is 15.2. The number of hydrogen-bond donors (Lipinski definition) is 2. The number of aryl methyl sites for hydroxylation is 2. The molecule has 0 aromatic heterocycles. The summed E-state index contributed by atoms with van der Waals surface area (Å²) < 4.78 is 5.34. The third-order valence-corrected chi connectivity index (χ3v) is 6.83. The Morgan fingerprint density at radius 1 is 0.861 bits per heavy atom. The van der Waals surface area contributed by atoms with Gasteiger partial charge in [-0.25, -0.2) is 0 Å². The summed E-state index contributed by atoms with van der Waals surface area (Å²) in [6.07, 6.45) is 8.52. The fourth-order valence-electron chi connectivity index (χ4n) is 4.60. The van der Waals surface area contributed by atoms with Crippen LogP contribution in [-0.4, -0.2) is 31.9 Å². The number of ether oxygens (including phenoxy) is 1. The van der Waals surface area contributed by atoms with Gasteiger partial charge in [0.05, 0.1) is 7.11 Å². The van der Waals surface area contributed by atoms with Crippen LogP contribution in [0.1, 0.15) is 61.8 Å². The van der Waals surface area contributed by atoms with E-state index in [2.05, 4.69) is 60.5 Å². The first kappa shape index (κ1) is 27.6. The number of anilines is 1. The van der Waals surface area contributed by atoms with Gasteiger partial charge < -0.3 is 20.1 Å². The van der Waals surface area contributed by atoms with Crippen LogP contribution >= 0.6 is 0 Å². The summed E-state index contributed by atoms with van der Waals surface area (Å²) >= 11 is 0. The maximum absolute atomic E-state index is 9.19. The Balaban J connectivity index is 0.000000270. The number of aromatic hydroxyl groups is 1. The van der Waals surface area contributed by atoms with Crippen LogP contribution in [0.15, 0.2) is 66.7 Å². The van der Waals surface area contributed by atoms with Gasteiger partial charge in [-0.1, -0.05) is 49.7 Å². The van der Waals surface area contributed by atoms with Crippen molar-refractivity contribution < 1.29 is 9.84 Å². The maximum atomic E-state index is 9.19. The average Bonchev–Trinajstić information content (AvgIpc) is 2.92. The number of rotatable bonds is 11. The molecule has 1 aliphatic carbocycles. The highest BCUT2D eigenvalue weighted by atomic mass is 16.5. The van der Waals surface area contributed by atoms with Crippen LogP contribution in [0.25, 0.3) is 0 Å². The quantitative estimate of drug-likeness (QED) is 0.287. The molecule has 3 aromatic carbocycles. The highest BCUT2D eigenvalue weighted by Gasteiger charge is 2.09. The molecule has 0 saturated heterocycles. The van der Waals surface area contributed by atoms with E-state index in [1.807, 2.05) is 24.3 Å². The first-order valence-corrected chi connectivity index (χ1v) is 13.6. The molecule has 2 N–H and O–H groups in total. The van der Waals surface area contributed by atoms with Crippen molar-refractivity contribution in [3.63, 3.8) is 0 Å². The number of benzene rings is 3. The largest absolute Gasteiger partial charge is 0.508 e. The lowest BCUT2D eigenvalue weighted by Gasteiger charge is -2.24. The highest BCUT2D eigenvalue weighted by Crippen LogP contribution is 2.24. The molecular weight excluding hydrogens is 444 g/mol. The molecule has 0 radical (unpaired) electrons. The molecule has 0 atom stereocenters. The van der Waals surface area contributed by atoms with Gasteiger partial charge in [0.1, 0.15) is 11.5 Å². The monoisotopic (exact) mass is 488 g/mol. The van der Waals surface area contributed by atoms with Gasteiger partial charge in [-0.15, -0.1) is 0 Å². The molecule has 0 bridgehead atoms. The molecule has 0 fully saturated rings. The van der Waals surface area contributed by atoms with Crippen LogP contribution < -0.4 is 15.0 Å². The van der Waals surface area contributed by atoms with Gasteiger partial charge in [-0.2, -0.15) is 0 Å². The van der Waals surface area contributed by atoms with Gasteiger partial charge in [0, 0.05) is 24.8 Å². The lowest BCUT2D eigenvalue weighted by Crippen LogP contribution is -2.22. The van der Waals surface area contributed by atoms with Crippen LogP contribution in [0, 0.1) is 0 Å². The van der Waals surface area contributed by atoms with Gasteiger partial charge in [0.2, 0.25) is 0 Å². The Bertz CT molecular complexity index is 1030. The Labute approximate surface area is 218 Å². The number of phenolic OH excluding ortho intramolecular Hbond substituents is 1. The van der Waals surface area contributed by atoms with E-state index in [1.54, 1.807) is 13.2 Å². The fraction of sp³-hybridized carbons (Fsp3) is 0.438. The van der Waals surface area contributed by atoms with E-state index in [-0.39, 0.29) is 0 Å². The smallest absolute Gasteiger partial charge is 0.120 e. The van der Waals surface area contributed by atoms with E-state index in [4.69, 9.17) is 4.74 Å². The third-order valence-electron chi connectivity index (χ3n) is 6.83. The average molecular weight is 489 g/mol. The molecule has 4 nitrogen and oxygen atoms in total. The van der Waals surface area contributed by atoms with Crippen LogP contribution in [0.3, 0.4) is 0 Å². The number of nitrogens with zero attached hydrogens (tertiary/aromatic N) is 1. The van der Waals surface area contributed by atoms with Gasteiger partial charge in [0.25, 0.3) is 0 Å². The maximum Gasteiger partial charge on any atom is 0.120 e. The van der Waals surface area contributed by atoms with Gasteiger partial charge in [-0.05, 0) is 105 Å². The Hall–Kier alpha value is -2.98. The van der Waals surface area contributed by atoms with Crippen molar-refractivity contribution in [2.24, 2.45) is 0 Å². The summed E-state index contributed by atoms with van der Waals surface area (Å²) in [7, 11) is 1.71. The number of unbranched alkanes of at least 4 members (excludes halogenated alkanes) is 1. The molecule has 1 aliphatic rings. The topological polar surface area (TPSA) is 44.7 Å². The predicted molar refractivity (Wildman–Crippen MR) is 152 cm³/mol. The van der Waals surface area contributed by atoms with Gasteiger partial charge in [-0.3, -0.25) is 0 Å². The van der Waals surface area contributed by atoms with E-state index < -0.39 is 0 Å². The van der Waals surface area contributed by atoms with Crippen molar-refractivity contribution in [3.05, 3.63) is 89.0 Å². The van der Waals surface area contributed by atoms with Crippen LogP contribution in [0.5, 0.6) is 11.5 Å². The molecule has 0 aliphatic heterocycles. The summed E-state index contributed by atoms with van der Waals surface area (Å²) in [4.78, 5) is 2.36. The van der Waals surface area contributed by atoms with Crippen molar-refractivity contribution in [2.45, 2.75) is 65.3 Å². The summed E-state index contributed by atoms with van der Waals surface area (Å²) in [6, 6.07) is 23.0. The summed E-state index contributed by atoms with van der Waals surface area (Å²) in [5, 5.41) is 12.7. The number of phenols is 1. The van der Waals surface area contributed by atoms with Crippen LogP contribution in [0.4, 0.5) is 5.69 Å². The first-order valence-electron chi connectivity index (χ1n) is 13.6. The standard InChI is InChI=1S/C22H32N2O.C10H12O/c1-4-6-15-23-16-14-19-10-12-20(13-11-19)18-24(5-2)21-8-7-9-22(17-21)25-3;11-10-6-5-8-3-1-2-4-9(8)7-10/h7-13,17,23H,4-6,14-16,18H2,1-3H3;5-7,11H,1-4H2. The molecule has 36 heavy (non-hydrogen) atoms. The lowest BCUT2D eigenvalue weighted by atomic mass is 9.92. The Morgan fingerprint density at radius 2 is 1.61 bits per heavy atom. The van der Waals surface area contributed by atoms with E-state index in [9.17, 15) is 5.11 Å². The van der Waals surface area contributed by atoms with Crippen molar-refractivity contribution >= 4 is 5.69 Å². The highest BCUT2D eigenvalue weighted by molar-refractivity contribution is 5.51. The van der Waals surface area contributed by atoms with Crippen molar-refractivity contribution in [2.75, 3.05) is 31.6 Å². The van der Waals surface area contributed by atoms with E-state index in [0.29, 0.717) is 5.75 Å². The second-order valence-electron chi connectivity index (χ2n) is 9.55. The van der Waals surface area contributed by atoms with Crippen molar-refractivity contribution in [1.29, 1.82) is 0 Å². The molecule has 0 unspecified atom stereocenters. The molecule has 194 valence electrons. The molecule has 3 aromatic rings. The molecule has 0 heterocycles. The van der Waals surface area contributed by atoms with Gasteiger partial charge in [0.15, 0.2) is 0 Å². The third kappa shape index (κ3) is 8.91. The molecular formula is C32H44N2O2. The zero-order valence-corrected chi connectivity index (χ0v) is 22.4. The molecule has 0 spiro atoms. The molecule has 4 rings (SSSR count). The number of methoxy groups -OCH3 is 1. The van der Waals surface area contributed by atoms with E-state index in [0.717, 1.165) is 44.8 Å². The Kier molecular flexibility index (Phi) is 11.7. The lowest BCUT2D eigenvalue weighted by molar-refractivity contribution is 0.415. The van der Waals surface area contributed by atoms with E-state index in [1.165, 1.54) is 60.0 Å². The zero-order valence-electron chi connectivity index (χ0n) is 22.4. The minimum atomic E-state index is 0.408. The van der Waals surface area contributed by atoms with Crippen LogP contribution in [-0.2, 0) is 25.8 Å². The summed E-state index contributed by atoms with van der Waals surface area (Å²) in [6.45, 7) is 8.49. The van der Waals surface area contributed by atoms with Crippen molar-refractivity contribution in [1.82, 2.24) is 5.32 Å². The number of fused-ring (bicyclic) bond motifs is 1. The minimum absolute atomic E-state index is 0.408. The summed E-state index contributed by atoms with van der Waals surface area (Å²) in [5.74, 6) is 1.31.